The van der Waals surface area contributed by atoms with E-state index >= 15 is 0 Å². The third-order valence-corrected chi connectivity index (χ3v) is 7.17. The van der Waals surface area contributed by atoms with Crippen molar-refractivity contribution in [3.8, 4) is 0 Å². The zero-order chi connectivity index (χ0) is 22.9. The number of hydrogen-bond acceptors (Lipinski definition) is 4. The zero-order valence-electron chi connectivity index (χ0n) is 17.8. The highest BCUT2D eigenvalue weighted by molar-refractivity contribution is 7.89. The Kier molecular flexibility index (Phi) is 5.82. The van der Waals surface area contributed by atoms with E-state index in [0.717, 1.165) is 11.1 Å². The number of rotatable bonds is 5. The van der Waals surface area contributed by atoms with Crippen LogP contribution in [0.15, 0.2) is 77.7 Å². The highest BCUT2D eigenvalue weighted by Gasteiger charge is 2.27. The average Bonchev–Trinajstić information content (AvgIpc) is 2.78. The molecule has 8 heteroatoms. The average molecular weight is 450 g/mol. The van der Waals surface area contributed by atoms with E-state index in [1.807, 2.05) is 13.0 Å². The fraction of sp³-hybridized carbons (Fsp3) is 0.167. The van der Waals surface area contributed by atoms with Crippen LogP contribution in [0.1, 0.15) is 21.5 Å². The summed E-state index contributed by atoms with van der Waals surface area (Å²) in [6.45, 7) is 2.01. The molecule has 1 heterocycles. The smallest absolute Gasteiger partial charge is 0.258 e. The van der Waals surface area contributed by atoms with Gasteiger partial charge in [0.05, 0.1) is 16.3 Å². The normalized spacial score (nSPS) is 13.6. The Morgan fingerprint density at radius 2 is 1.66 bits per heavy atom. The summed E-state index contributed by atoms with van der Waals surface area (Å²) in [5.74, 6) is -0.545. The molecule has 0 unspecified atom stereocenters. The number of fused-ring (bicyclic) bond motifs is 1. The van der Waals surface area contributed by atoms with Crippen molar-refractivity contribution in [2.45, 2.75) is 18.4 Å². The standard InChI is InChI=1S/C24H23N3O4S/c1-17-7-13-20(14-8-17)32(30,31)26(2)15-18-9-11-19(12-10-18)24(29)27-16-23(28)25-21-5-3-4-6-22(21)27/h3-14H,15-16H2,1-2H3,(H,25,28). The number of sulfonamides is 1. The minimum absolute atomic E-state index is 0.0604. The molecule has 1 aliphatic heterocycles. The van der Waals surface area contributed by atoms with Gasteiger partial charge in [0.15, 0.2) is 0 Å². The van der Waals surface area contributed by atoms with Gasteiger partial charge in [-0.05, 0) is 48.9 Å². The number of para-hydroxylation sites is 2. The van der Waals surface area contributed by atoms with Crippen molar-refractivity contribution in [1.29, 1.82) is 0 Å². The zero-order valence-corrected chi connectivity index (χ0v) is 18.6. The van der Waals surface area contributed by atoms with Crippen LogP contribution in [0.4, 0.5) is 11.4 Å². The first-order valence-corrected chi connectivity index (χ1v) is 11.5. The summed E-state index contributed by atoms with van der Waals surface area (Å²) < 4.78 is 26.9. The van der Waals surface area contributed by atoms with Crippen LogP contribution in [0.2, 0.25) is 0 Å². The summed E-state index contributed by atoms with van der Waals surface area (Å²) in [5, 5.41) is 2.76. The second kappa shape index (κ2) is 8.57. The lowest BCUT2D eigenvalue weighted by Crippen LogP contribution is -2.42. The molecule has 1 aliphatic rings. The van der Waals surface area contributed by atoms with E-state index in [9.17, 15) is 18.0 Å². The summed E-state index contributed by atoms with van der Waals surface area (Å²) in [6.07, 6.45) is 0. The van der Waals surface area contributed by atoms with E-state index in [1.54, 1.807) is 66.7 Å². The third kappa shape index (κ3) is 4.28. The number of nitrogens with zero attached hydrogens (tertiary/aromatic N) is 2. The molecule has 0 saturated heterocycles. The van der Waals surface area contributed by atoms with Crippen molar-refractivity contribution >= 4 is 33.2 Å². The molecule has 0 aromatic heterocycles. The van der Waals surface area contributed by atoms with Gasteiger partial charge in [0.25, 0.3) is 5.91 Å². The van der Waals surface area contributed by atoms with E-state index in [0.29, 0.717) is 16.9 Å². The Morgan fingerprint density at radius 3 is 2.34 bits per heavy atom. The fourth-order valence-electron chi connectivity index (χ4n) is 3.56. The molecule has 7 nitrogen and oxygen atoms in total. The molecule has 4 rings (SSSR count). The van der Waals surface area contributed by atoms with E-state index in [1.165, 1.54) is 16.3 Å². The number of aryl methyl sites for hydroxylation is 1. The van der Waals surface area contributed by atoms with E-state index in [2.05, 4.69) is 5.32 Å². The van der Waals surface area contributed by atoms with Gasteiger partial charge in [0.2, 0.25) is 15.9 Å². The van der Waals surface area contributed by atoms with E-state index < -0.39 is 10.0 Å². The maximum atomic E-state index is 13.1. The predicted molar refractivity (Wildman–Crippen MR) is 123 cm³/mol. The number of carbonyl (C=O) groups excluding carboxylic acids is 2. The molecule has 1 N–H and O–H groups in total. The van der Waals surface area contributed by atoms with Gasteiger partial charge in [0.1, 0.15) is 6.54 Å². The Balaban J connectivity index is 1.50. The Morgan fingerprint density at radius 1 is 1.00 bits per heavy atom. The first-order chi connectivity index (χ1) is 15.3. The van der Waals surface area contributed by atoms with Crippen molar-refractivity contribution in [1.82, 2.24) is 4.31 Å². The molecule has 0 atom stereocenters. The second-order valence-corrected chi connectivity index (χ2v) is 9.77. The largest absolute Gasteiger partial charge is 0.323 e. The number of nitrogens with one attached hydrogen (secondary N) is 1. The molecular formula is C24H23N3O4S. The maximum Gasteiger partial charge on any atom is 0.258 e. The summed E-state index contributed by atoms with van der Waals surface area (Å²) in [4.78, 5) is 26.7. The predicted octanol–water partition coefficient (Wildman–Crippen LogP) is 3.41. The Hall–Kier alpha value is -3.49. The van der Waals surface area contributed by atoms with E-state index in [-0.39, 0.29) is 29.8 Å². The molecule has 0 bridgehead atoms. The van der Waals surface area contributed by atoms with Gasteiger partial charge < -0.3 is 5.32 Å². The molecule has 164 valence electrons. The SMILES string of the molecule is Cc1ccc(S(=O)(=O)N(C)Cc2ccc(C(=O)N3CC(=O)Nc4ccccc43)cc2)cc1. The van der Waals surface area contributed by atoms with Crippen molar-refractivity contribution < 1.29 is 18.0 Å². The van der Waals surface area contributed by atoms with Gasteiger partial charge in [-0.25, -0.2) is 8.42 Å². The number of benzene rings is 3. The van der Waals surface area contributed by atoms with Crippen molar-refractivity contribution in [2.75, 3.05) is 23.8 Å². The highest BCUT2D eigenvalue weighted by atomic mass is 32.2. The van der Waals surface area contributed by atoms with E-state index in [4.69, 9.17) is 0 Å². The molecule has 0 saturated carbocycles. The molecule has 3 aromatic carbocycles. The van der Waals surface area contributed by atoms with Crippen LogP contribution in [0.25, 0.3) is 0 Å². The number of amides is 2. The van der Waals surface area contributed by atoms with Crippen LogP contribution in [0.3, 0.4) is 0 Å². The molecule has 0 aliphatic carbocycles. The lowest BCUT2D eigenvalue weighted by atomic mass is 10.1. The van der Waals surface area contributed by atoms with Crippen LogP contribution in [0.5, 0.6) is 0 Å². The van der Waals surface area contributed by atoms with Gasteiger partial charge in [-0.15, -0.1) is 0 Å². The Bertz CT molecular complexity index is 1270. The quantitative estimate of drug-likeness (QED) is 0.647. The first kappa shape index (κ1) is 21.7. The van der Waals surface area contributed by atoms with Gasteiger partial charge in [-0.2, -0.15) is 4.31 Å². The van der Waals surface area contributed by atoms with Crippen molar-refractivity contribution in [3.63, 3.8) is 0 Å². The van der Waals surface area contributed by atoms with Crippen LogP contribution in [-0.2, 0) is 21.4 Å². The molecule has 0 spiro atoms. The first-order valence-electron chi connectivity index (χ1n) is 10.1. The summed E-state index contributed by atoms with van der Waals surface area (Å²) >= 11 is 0. The van der Waals surface area contributed by atoms with Gasteiger partial charge >= 0.3 is 0 Å². The van der Waals surface area contributed by atoms with Gasteiger partial charge in [-0.3, -0.25) is 14.5 Å². The lowest BCUT2D eigenvalue weighted by Gasteiger charge is -2.29. The van der Waals surface area contributed by atoms with Gasteiger partial charge in [0, 0.05) is 19.2 Å². The molecule has 3 aromatic rings. The molecule has 0 radical (unpaired) electrons. The summed E-state index contributed by atoms with van der Waals surface area (Å²) in [7, 11) is -2.10. The lowest BCUT2D eigenvalue weighted by molar-refractivity contribution is -0.115. The van der Waals surface area contributed by atoms with Crippen LogP contribution >= 0.6 is 0 Å². The van der Waals surface area contributed by atoms with Crippen molar-refractivity contribution in [2.24, 2.45) is 0 Å². The van der Waals surface area contributed by atoms with Crippen molar-refractivity contribution in [3.05, 3.63) is 89.5 Å². The monoisotopic (exact) mass is 449 g/mol. The third-order valence-electron chi connectivity index (χ3n) is 5.35. The molecular weight excluding hydrogens is 426 g/mol. The minimum atomic E-state index is -3.62. The number of anilines is 2. The number of hydrogen-bond donors (Lipinski definition) is 1. The van der Waals surface area contributed by atoms with Crippen LogP contribution in [-0.4, -0.2) is 38.1 Å². The molecule has 0 fully saturated rings. The van der Waals surface area contributed by atoms with Gasteiger partial charge in [-0.1, -0.05) is 42.0 Å². The Labute approximate surface area is 187 Å². The highest BCUT2D eigenvalue weighted by Crippen LogP contribution is 2.30. The molecule has 2 amide bonds. The fourth-order valence-corrected chi connectivity index (χ4v) is 4.71. The molecule has 32 heavy (non-hydrogen) atoms. The second-order valence-electron chi connectivity index (χ2n) is 7.73. The minimum Gasteiger partial charge on any atom is -0.323 e. The van der Waals surface area contributed by atoms with Crippen LogP contribution < -0.4 is 10.2 Å². The topological polar surface area (TPSA) is 86.8 Å². The summed E-state index contributed by atoms with van der Waals surface area (Å²) in [6, 6.07) is 20.6. The maximum absolute atomic E-state index is 13.1. The summed E-state index contributed by atoms with van der Waals surface area (Å²) in [5.41, 5.74) is 3.39. The van der Waals surface area contributed by atoms with Crippen LogP contribution in [0, 0.1) is 6.92 Å². The number of carbonyl (C=O) groups is 2.